The number of aromatic nitrogens is 1. The average molecular weight is 385 g/mol. The highest BCUT2D eigenvalue weighted by Crippen LogP contribution is 2.44. The van der Waals surface area contributed by atoms with Gasteiger partial charge in [0.05, 0.1) is 25.4 Å². The van der Waals surface area contributed by atoms with E-state index in [2.05, 4.69) is 5.43 Å². The predicted molar refractivity (Wildman–Crippen MR) is 95.7 cm³/mol. The second-order valence-corrected chi connectivity index (χ2v) is 7.95. The van der Waals surface area contributed by atoms with E-state index in [1.807, 2.05) is 27.7 Å². The second-order valence-electron chi connectivity index (χ2n) is 6.88. The number of carbonyl (C=O) groups excluding carboxylic acids is 1. The van der Waals surface area contributed by atoms with Crippen LogP contribution in [0.5, 0.6) is 5.75 Å². The molecule has 0 radical (unpaired) electrons. The first-order valence-corrected chi connectivity index (χ1v) is 9.61. The Morgan fingerprint density at radius 2 is 2.15 bits per heavy atom. The lowest BCUT2D eigenvalue weighted by Gasteiger charge is -2.41. The van der Waals surface area contributed by atoms with Crippen LogP contribution in [0.25, 0.3) is 0 Å². The summed E-state index contributed by atoms with van der Waals surface area (Å²) >= 11 is 0. The molecular weight excluding hydrogens is 361 g/mol. The van der Waals surface area contributed by atoms with Gasteiger partial charge >= 0.3 is 8.60 Å². The number of morpholine rings is 1. The molecule has 1 aromatic heterocycles. The van der Waals surface area contributed by atoms with Gasteiger partial charge in [0.1, 0.15) is 6.17 Å². The number of fused-ring (bicyclic) bond motifs is 2. The number of ether oxygens (including phenoxy) is 1. The molecule has 2 atom stereocenters. The minimum atomic E-state index is -1.83. The standard InChI is InChI=1S/C16H24N3O6P/c1-5-23-26(25-16(2,3)4)24-14-11(20)6-7-19-13(14)15(21)18-8-9-22-10-12(18)17-19/h6-7,12,17H,5,8-10H2,1-4H3/t12-,26?/m0/s1. The van der Waals surface area contributed by atoms with Crippen LogP contribution in [0.15, 0.2) is 17.1 Å². The highest BCUT2D eigenvalue weighted by molar-refractivity contribution is 7.42. The summed E-state index contributed by atoms with van der Waals surface area (Å²) in [6, 6.07) is 1.34. The fourth-order valence-corrected chi connectivity index (χ4v) is 3.77. The molecule has 1 saturated heterocycles. The van der Waals surface area contributed by atoms with E-state index in [1.54, 1.807) is 4.90 Å². The highest BCUT2D eigenvalue weighted by atomic mass is 31.2. The normalized spacial score (nSPS) is 20.8. The lowest BCUT2D eigenvalue weighted by molar-refractivity contribution is -0.00309. The van der Waals surface area contributed by atoms with E-state index in [1.165, 1.54) is 16.9 Å². The third-order valence-corrected chi connectivity index (χ3v) is 5.18. The van der Waals surface area contributed by atoms with Crippen LogP contribution in [0.3, 0.4) is 0 Å². The van der Waals surface area contributed by atoms with Gasteiger partial charge in [-0.2, -0.15) is 0 Å². The van der Waals surface area contributed by atoms with Crippen LogP contribution in [-0.2, 0) is 13.8 Å². The summed E-state index contributed by atoms with van der Waals surface area (Å²) in [5.41, 5.74) is 2.37. The number of hydrogen-bond acceptors (Lipinski definition) is 7. The topological polar surface area (TPSA) is 91.3 Å². The summed E-state index contributed by atoms with van der Waals surface area (Å²) in [6.07, 6.45) is 1.24. The van der Waals surface area contributed by atoms with Crippen molar-refractivity contribution in [3.63, 3.8) is 0 Å². The first kappa shape index (κ1) is 19.1. The van der Waals surface area contributed by atoms with Gasteiger partial charge in [0.15, 0.2) is 5.69 Å². The Bertz CT molecular complexity index is 732. The van der Waals surface area contributed by atoms with Crippen molar-refractivity contribution in [2.45, 2.75) is 39.5 Å². The summed E-state index contributed by atoms with van der Waals surface area (Å²) in [4.78, 5) is 27.0. The van der Waals surface area contributed by atoms with Gasteiger partial charge in [0, 0.05) is 18.8 Å². The number of carbonyl (C=O) groups is 1. The maximum Gasteiger partial charge on any atom is 0.397 e. The first-order valence-electron chi connectivity index (χ1n) is 8.51. The molecule has 1 N–H and O–H groups in total. The van der Waals surface area contributed by atoms with Crippen LogP contribution in [-0.4, -0.2) is 53.6 Å². The van der Waals surface area contributed by atoms with Crippen molar-refractivity contribution < 1.29 is 23.1 Å². The van der Waals surface area contributed by atoms with E-state index in [4.69, 9.17) is 18.3 Å². The van der Waals surface area contributed by atoms with E-state index in [0.717, 1.165) is 0 Å². The maximum absolute atomic E-state index is 13.0. The predicted octanol–water partition coefficient (Wildman–Crippen LogP) is 1.66. The monoisotopic (exact) mass is 385 g/mol. The van der Waals surface area contributed by atoms with Crippen molar-refractivity contribution >= 4 is 14.5 Å². The minimum absolute atomic E-state index is 0.0706. The van der Waals surface area contributed by atoms with E-state index >= 15 is 0 Å². The molecule has 144 valence electrons. The Balaban J connectivity index is 1.95. The van der Waals surface area contributed by atoms with E-state index in [0.29, 0.717) is 26.4 Å². The number of pyridine rings is 1. The molecule has 3 rings (SSSR count). The van der Waals surface area contributed by atoms with Gasteiger partial charge in [0.2, 0.25) is 11.2 Å². The molecule has 0 aliphatic carbocycles. The molecule has 2 aliphatic heterocycles. The van der Waals surface area contributed by atoms with Gasteiger partial charge in [-0.1, -0.05) is 0 Å². The van der Waals surface area contributed by atoms with Gasteiger partial charge in [-0.25, -0.2) is 0 Å². The fourth-order valence-electron chi connectivity index (χ4n) is 2.64. The smallest absolute Gasteiger partial charge is 0.397 e. The first-order chi connectivity index (χ1) is 12.3. The number of rotatable bonds is 5. The molecule has 2 aliphatic rings. The Morgan fingerprint density at radius 3 is 2.85 bits per heavy atom. The summed E-state index contributed by atoms with van der Waals surface area (Å²) < 4.78 is 24.0. The molecular formula is C16H24N3O6P. The zero-order chi connectivity index (χ0) is 18.9. The molecule has 9 nitrogen and oxygen atoms in total. The van der Waals surface area contributed by atoms with Crippen LogP contribution in [0.2, 0.25) is 0 Å². The molecule has 0 spiro atoms. The largest absolute Gasteiger partial charge is 0.420 e. The fraction of sp³-hybridized carbons (Fsp3) is 0.625. The molecule has 1 fully saturated rings. The van der Waals surface area contributed by atoms with Gasteiger partial charge < -0.3 is 24.1 Å². The third kappa shape index (κ3) is 4.01. The Morgan fingerprint density at radius 1 is 1.38 bits per heavy atom. The summed E-state index contributed by atoms with van der Waals surface area (Å²) in [6.45, 7) is 9.04. The summed E-state index contributed by atoms with van der Waals surface area (Å²) in [5.74, 6) is -0.356. The van der Waals surface area contributed by atoms with Crippen LogP contribution in [0.4, 0.5) is 0 Å². The molecule has 3 heterocycles. The summed E-state index contributed by atoms with van der Waals surface area (Å²) in [7, 11) is -1.83. The molecule has 0 bridgehead atoms. The zero-order valence-corrected chi connectivity index (χ0v) is 16.2. The van der Waals surface area contributed by atoms with Crippen molar-refractivity contribution in [3.05, 3.63) is 28.2 Å². The Hall–Kier alpha value is -1.67. The molecule has 10 heteroatoms. The van der Waals surface area contributed by atoms with Gasteiger partial charge in [-0.3, -0.25) is 18.8 Å². The second kappa shape index (κ2) is 7.52. The lowest BCUT2D eigenvalue weighted by atomic mass is 10.2. The van der Waals surface area contributed by atoms with Crippen molar-refractivity contribution in [2.24, 2.45) is 0 Å². The van der Waals surface area contributed by atoms with Gasteiger partial charge in [0.25, 0.3) is 5.91 Å². The molecule has 1 amide bonds. The van der Waals surface area contributed by atoms with Crippen LogP contribution in [0, 0.1) is 0 Å². The minimum Gasteiger partial charge on any atom is -0.420 e. The molecule has 1 unspecified atom stereocenters. The van der Waals surface area contributed by atoms with Crippen molar-refractivity contribution in [1.29, 1.82) is 0 Å². The van der Waals surface area contributed by atoms with E-state index in [9.17, 15) is 9.59 Å². The van der Waals surface area contributed by atoms with Crippen molar-refractivity contribution in [3.8, 4) is 5.75 Å². The summed E-state index contributed by atoms with van der Waals surface area (Å²) in [5, 5.41) is 0. The average Bonchev–Trinajstić information content (AvgIpc) is 2.56. The Labute approximate surface area is 153 Å². The van der Waals surface area contributed by atoms with Crippen LogP contribution >= 0.6 is 8.60 Å². The molecule has 0 aromatic carbocycles. The highest BCUT2D eigenvalue weighted by Gasteiger charge is 2.38. The number of nitrogens with one attached hydrogen (secondary N) is 1. The third-order valence-electron chi connectivity index (χ3n) is 3.68. The zero-order valence-electron chi connectivity index (χ0n) is 15.4. The van der Waals surface area contributed by atoms with Crippen LogP contribution in [0.1, 0.15) is 38.2 Å². The lowest BCUT2D eigenvalue weighted by Crippen LogP contribution is -2.59. The molecule has 0 saturated carbocycles. The Kier molecular flexibility index (Phi) is 5.53. The van der Waals surface area contributed by atoms with Crippen LogP contribution < -0.4 is 15.4 Å². The van der Waals surface area contributed by atoms with Crippen molar-refractivity contribution in [2.75, 3.05) is 31.8 Å². The maximum atomic E-state index is 13.0. The SMILES string of the molecule is CCOP(Oc1c2n(ccc1=O)N[C@@H]1COCCN1C2=O)OC(C)(C)C. The number of hydrogen-bond donors (Lipinski definition) is 1. The van der Waals surface area contributed by atoms with Crippen molar-refractivity contribution in [1.82, 2.24) is 9.58 Å². The van der Waals surface area contributed by atoms with Gasteiger partial charge in [-0.05, 0) is 27.7 Å². The quantitative estimate of drug-likeness (QED) is 0.771. The van der Waals surface area contributed by atoms with E-state index < -0.39 is 19.6 Å². The molecule has 26 heavy (non-hydrogen) atoms. The van der Waals surface area contributed by atoms with E-state index in [-0.39, 0.29) is 23.5 Å². The number of amides is 1. The van der Waals surface area contributed by atoms with Gasteiger partial charge in [-0.15, -0.1) is 0 Å². The number of nitrogens with zero attached hydrogens (tertiary/aromatic N) is 2. The molecule has 1 aromatic rings.